The third-order valence-corrected chi connectivity index (χ3v) is 3.05. The first kappa shape index (κ1) is 13.0. The Bertz CT molecular complexity index is 492. The molecule has 0 aromatic carbocycles. The van der Waals surface area contributed by atoms with Gasteiger partial charge < -0.3 is 15.6 Å². The zero-order chi connectivity index (χ0) is 13.1. The summed E-state index contributed by atoms with van der Waals surface area (Å²) in [6.45, 7) is 5.87. The highest BCUT2D eigenvalue weighted by molar-refractivity contribution is 7.80. The van der Waals surface area contributed by atoms with Crippen molar-refractivity contribution in [3.63, 3.8) is 0 Å². The van der Waals surface area contributed by atoms with Crippen molar-refractivity contribution >= 4 is 23.0 Å². The Hall–Kier alpha value is -1.47. The number of anilines is 1. The van der Waals surface area contributed by atoms with Gasteiger partial charge in [-0.2, -0.15) is 0 Å². The van der Waals surface area contributed by atoms with Gasteiger partial charge in [0, 0.05) is 38.8 Å². The molecule has 3 N–H and O–H groups in total. The lowest BCUT2D eigenvalue weighted by Gasteiger charge is -2.35. The maximum atomic E-state index is 11.4. The summed E-state index contributed by atoms with van der Waals surface area (Å²) < 4.78 is 0. The van der Waals surface area contributed by atoms with Crippen LogP contribution in [-0.2, 0) is 0 Å². The van der Waals surface area contributed by atoms with Crippen LogP contribution in [0.4, 0.5) is 5.82 Å². The molecule has 1 aromatic rings. The van der Waals surface area contributed by atoms with Crippen LogP contribution in [0.3, 0.4) is 0 Å². The largest absolute Gasteiger partial charge is 0.392 e. The monoisotopic (exact) mass is 267 g/mol. The molecule has 6 nitrogen and oxygen atoms in total. The molecular weight excluding hydrogens is 250 g/mol. The number of H-pyrrole nitrogens is 1. The van der Waals surface area contributed by atoms with Gasteiger partial charge in [0.2, 0.25) is 0 Å². The van der Waals surface area contributed by atoms with Gasteiger partial charge in [0.1, 0.15) is 11.6 Å². The van der Waals surface area contributed by atoms with Gasteiger partial charge in [0.05, 0.1) is 4.99 Å². The Morgan fingerprint density at radius 1 is 1.50 bits per heavy atom. The normalized spacial score (nSPS) is 16.8. The summed E-state index contributed by atoms with van der Waals surface area (Å²) >= 11 is 4.90. The first-order chi connectivity index (χ1) is 8.54. The quantitative estimate of drug-likeness (QED) is 0.718. The van der Waals surface area contributed by atoms with Crippen LogP contribution in [0, 0.1) is 6.92 Å². The minimum Gasteiger partial charge on any atom is -0.392 e. The predicted octanol–water partition coefficient (Wildman–Crippen LogP) is -0.514. The van der Waals surface area contributed by atoms with E-state index in [1.165, 1.54) is 6.07 Å². The summed E-state index contributed by atoms with van der Waals surface area (Å²) in [5, 5.41) is 0. The second kappa shape index (κ2) is 5.45. The molecule has 1 aliphatic rings. The third kappa shape index (κ3) is 3.27. The predicted molar refractivity (Wildman–Crippen MR) is 75.0 cm³/mol. The van der Waals surface area contributed by atoms with Crippen molar-refractivity contribution in [1.82, 2.24) is 14.9 Å². The summed E-state index contributed by atoms with van der Waals surface area (Å²) in [5.74, 6) is 1.38. The lowest BCUT2D eigenvalue weighted by atomic mass is 10.3. The molecule has 2 rings (SSSR count). The fourth-order valence-electron chi connectivity index (χ4n) is 2.08. The van der Waals surface area contributed by atoms with Crippen molar-refractivity contribution in [3.8, 4) is 0 Å². The number of nitrogens with two attached hydrogens (primary N) is 1. The van der Waals surface area contributed by atoms with E-state index in [0.29, 0.717) is 17.4 Å². The minimum atomic E-state index is -0.108. The van der Waals surface area contributed by atoms with E-state index in [1.54, 1.807) is 6.92 Å². The van der Waals surface area contributed by atoms with E-state index in [9.17, 15) is 4.79 Å². The highest BCUT2D eigenvalue weighted by Crippen LogP contribution is 2.11. The van der Waals surface area contributed by atoms with Crippen LogP contribution >= 0.6 is 12.2 Å². The highest BCUT2D eigenvalue weighted by Gasteiger charge is 2.18. The van der Waals surface area contributed by atoms with Crippen LogP contribution in [0.25, 0.3) is 0 Å². The number of thiocarbonyl (C=S) groups is 1. The molecule has 0 amide bonds. The molecule has 0 radical (unpaired) electrons. The Morgan fingerprint density at radius 3 is 2.72 bits per heavy atom. The van der Waals surface area contributed by atoms with Crippen LogP contribution in [0.1, 0.15) is 5.82 Å². The second-order valence-corrected chi connectivity index (χ2v) is 4.94. The number of piperazine rings is 1. The maximum Gasteiger partial charge on any atom is 0.252 e. The average molecular weight is 267 g/mol. The van der Waals surface area contributed by atoms with Gasteiger partial charge >= 0.3 is 0 Å². The van der Waals surface area contributed by atoms with Gasteiger partial charge in [-0.1, -0.05) is 12.2 Å². The number of aryl methyl sites for hydroxylation is 1. The molecule has 1 fully saturated rings. The molecule has 0 spiro atoms. The Kier molecular flexibility index (Phi) is 3.93. The molecule has 1 aliphatic heterocycles. The zero-order valence-corrected chi connectivity index (χ0v) is 11.2. The number of hydrogen-bond acceptors (Lipinski definition) is 5. The Morgan fingerprint density at radius 2 is 2.17 bits per heavy atom. The van der Waals surface area contributed by atoms with Crippen molar-refractivity contribution in [1.29, 1.82) is 0 Å². The summed E-state index contributed by atoms with van der Waals surface area (Å²) in [4.78, 5) is 23.2. The fraction of sp³-hybridized carbons (Fsp3) is 0.545. The standard InChI is InChI=1S/C11H17N5OS/c1-8-13-10(6-11(17)14-8)16-4-2-15(3-5-16)7-9(12)18/h6H,2-5,7H2,1H3,(H2,12,18)(H,13,14,17). The van der Waals surface area contributed by atoms with E-state index in [1.807, 2.05) is 0 Å². The van der Waals surface area contributed by atoms with E-state index in [4.69, 9.17) is 18.0 Å². The topological polar surface area (TPSA) is 78.2 Å². The van der Waals surface area contributed by atoms with E-state index in [0.717, 1.165) is 32.0 Å². The third-order valence-electron chi connectivity index (χ3n) is 2.92. The molecule has 1 saturated heterocycles. The summed E-state index contributed by atoms with van der Waals surface area (Å²) in [6.07, 6.45) is 0. The van der Waals surface area contributed by atoms with Crippen molar-refractivity contribution in [2.75, 3.05) is 37.6 Å². The molecule has 0 aliphatic carbocycles. The molecule has 18 heavy (non-hydrogen) atoms. The molecule has 0 bridgehead atoms. The summed E-state index contributed by atoms with van der Waals surface area (Å²) in [7, 11) is 0. The molecule has 0 saturated carbocycles. The van der Waals surface area contributed by atoms with Crippen molar-refractivity contribution in [2.24, 2.45) is 5.73 Å². The zero-order valence-electron chi connectivity index (χ0n) is 10.3. The van der Waals surface area contributed by atoms with E-state index in [2.05, 4.69) is 19.8 Å². The molecule has 0 unspecified atom stereocenters. The second-order valence-electron chi connectivity index (χ2n) is 4.42. The number of nitrogens with one attached hydrogen (secondary N) is 1. The highest BCUT2D eigenvalue weighted by atomic mass is 32.1. The van der Waals surface area contributed by atoms with Crippen LogP contribution < -0.4 is 16.2 Å². The Labute approximate surface area is 111 Å². The van der Waals surface area contributed by atoms with E-state index in [-0.39, 0.29) is 5.56 Å². The van der Waals surface area contributed by atoms with E-state index < -0.39 is 0 Å². The first-order valence-corrected chi connectivity index (χ1v) is 6.29. The fourth-order valence-corrected chi connectivity index (χ4v) is 2.26. The van der Waals surface area contributed by atoms with Gasteiger partial charge in [-0.15, -0.1) is 0 Å². The SMILES string of the molecule is Cc1nc(N2CCN(CC(N)=S)CC2)cc(=O)[nH]1. The number of aromatic amines is 1. The average Bonchev–Trinajstić information content (AvgIpc) is 2.27. The van der Waals surface area contributed by atoms with Crippen LogP contribution in [0.5, 0.6) is 0 Å². The van der Waals surface area contributed by atoms with E-state index >= 15 is 0 Å². The molecular formula is C11H17N5OS. The first-order valence-electron chi connectivity index (χ1n) is 5.88. The smallest absolute Gasteiger partial charge is 0.252 e. The van der Waals surface area contributed by atoms with Gasteiger partial charge in [0.15, 0.2) is 0 Å². The molecule has 1 aromatic heterocycles. The van der Waals surface area contributed by atoms with Crippen molar-refractivity contribution in [3.05, 3.63) is 22.2 Å². The molecule has 98 valence electrons. The molecule has 7 heteroatoms. The molecule has 2 heterocycles. The minimum absolute atomic E-state index is 0.108. The number of nitrogens with zero attached hydrogens (tertiary/aromatic N) is 3. The number of aromatic nitrogens is 2. The summed E-state index contributed by atoms with van der Waals surface area (Å²) in [5.41, 5.74) is 5.42. The maximum absolute atomic E-state index is 11.4. The molecule has 0 atom stereocenters. The Balaban J connectivity index is 2.01. The van der Waals surface area contributed by atoms with Crippen LogP contribution in [0.15, 0.2) is 10.9 Å². The number of rotatable bonds is 3. The summed E-state index contributed by atoms with van der Waals surface area (Å²) in [6, 6.07) is 1.54. The van der Waals surface area contributed by atoms with Gasteiger partial charge in [0.25, 0.3) is 5.56 Å². The number of hydrogen-bond donors (Lipinski definition) is 2. The lowest BCUT2D eigenvalue weighted by Crippen LogP contribution is -2.49. The van der Waals surface area contributed by atoms with Gasteiger partial charge in [-0.25, -0.2) is 4.98 Å². The van der Waals surface area contributed by atoms with Crippen LogP contribution in [-0.4, -0.2) is 52.6 Å². The lowest BCUT2D eigenvalue weighted by molar-refractivity contribution is 0.291. The van der Waals surface area contributed by atoms with Crippen molar-refractivity contribution < 1.29 is 0 Å². The van der Waals surface area contributed by atoms with Crippen molar-refractivity contribution in [2.45, 2.75) is 6.92 Å². The van der Waals surface area contributed by atoms with Crippen LogP contribution in [0.2, 0.25) is 0 Å². The van der Waals surface area contributed by atoms with Gasteiger partial charge in [-0.05, 0) is 6.92 Å². The van der Waals surface area contributed by atoms with Gasteiger partial charge in [-0.3, -0.25) is 9.69 Å².